The van der Waals surface area contributed by atoms with Crippen molar-refractivity contribution in [3.05, 3.63) is 60.8 Å². The number of aliphatic hydroxyl groups excluding tert-OH is 4. The summed E-state index contributed by atoms with van der Waals surface area (Å²) in [4.78, 5) is 24.4. The van der Waals surface area contributed by atoms with Crippen LogP contribution in [0.4, 0.5) is 0 Å². The summed E-state index contributed by atoms with van der Waals surface area (Å²) in [5, 5.41) is 63.9. The van der Waals surface area contributed by atoms with Gasteiger partial charge in [-0.15, -0.1) is 0 Å². The van der Waals surface area contributed by atoms with Gasteiger partial charge in [0, 0.05) is 38.2 Å². The lowest BCUT2D eigenvalue weighted by molar-refractivity contribution is -0.308. The number of carboxylic acids is 1. The summed E-state index contributed by atoms with van der Waals surface area (Å²) in [7, 11) is 0. The van der Waals surface area contributed by atoms with Crippen LogP contribution in [0.1, 0.15) is 46.0 Å². The fourth-order valence-corrected chi connectivity index (χ4v) is 6.00. The molecule has 0 unspecified atom stereocenters. The van der Waals surface area contributed by atoms with E-state index in [-0.39, 0.29) is 25.4 Å². The summed E-state index contributed by atoms with van der Waals surface area (Å²) in [6.45, 7) is 3.34. The fourth-order valence-electron chi connectivity index (χ4n) is 6.00. The number of carboxylic acid groups (broad SMARTS) is 1. The first-order valence-corrected chi connectivity index (χ1v) is 15.9. The van der Waals surface area contributed by atoms with Crippen molar-refractivity contribution in [2.75, 3.05) is 0 Å². The van der Waals surface area contributed by atoms with E-state index >= 15 is 0 Å². The van der Waals surface area contributed by atoms with Crippen LogP contribution in [0.25, 0.3) is 0 Å². The maximum Gasteiger partial charge on any atom is 0.330 e. The van der Waals surface area contributed by atoms with E-state index in [9.17, 15) is 40.2 Å². The molecule has 3 fully saturated rings. The van der Waals surface area contributed by atoms with Gasteiger partial charge in [0.1, 0.15) is 24.2 Å². The van der Waals surface area contributed by atoms with E-state index in [1.54, 1.807) is 56.4 Å². The molecule has 4 aliphatic heterocycles. The molecule has 47 heavy (non-hydrogen) atoms. The van der Waals surface area contributed by atoms with Crippen LogP contribution in [0.5, 0.6) is 0 Å². The van der Waals surface area contributed by atoms with Crippen molar-refractivity contribution in [2.24, 2.45) is 11.7 Å². The van der Waals surface area contributed by atoms with Gasteiger partial charge in [0.15, 0.2) is 12.1 Å². The van der Waals surface area contributed by atoms with E-state index in [1.165, 1.54) is 12.2 Å². The van der Waals surface area contributed by atoms with Crippen molar-refractivity contribution in [3.63, 3.8) is 0 Å². The van der Waals surface area contributed by atoms with Gasteiger partial charge < -0.3 is 60.1 Å². The average Bonchev–Trinajstić information content (AvgIpc) is 3.72. The molecule has 4 aliphatic rings. The number of cyclic esters (lactones) is 1. The normalized spacial score (nSPS) is 47.2. The molecule has 0 spiro atoms. The van der Waals surface area contributed by atoms with Crippen LogP contribution in [-0.2, 0) is 33.3 Å². The molecule has 14 nitrogen and oxygen atoms in total. The number of aliphatic carboxylic acids is 1. The summed E-state index contributed by atoms with van der Waals surface area (Å²) in [5.41, 5.74) is 5.98. The van der Waals surface area contributed by atoms with Crippen molar-refractivity contribution in [3.8, 4) is 0 Å². The third kappa shape index (κ3) is 10.6. The van der Waals surface area contributed by atoms with Crippen molar-refractivity contribution in [1.29, 1.82) is 0 Å². The van der Waals surface area contributed by atoms with Crippen molar-refractivity contribution in [2.45, 2.75) is 125 Å². The van der Waals surface area contributed by atoms with Gasteiger partial charge >= 0.3 is 11.9 Å². The topological polar surface area (TPSA) is 231 Å². The van der Waals surface area contributed by atoms with Crippen LogP contribution in [0, 0.1) is 5.92 Å². The molecular weight excluding hydrogens is 618 g/mol. The molecule has 262 valence electrons. The first kappa shape index (κ1) is 37.1. The number of fused-ring (bicyclic) bond motifs is 3. The van der Waals surface area contributed by atoms with E-state index in [0.29, 0.717) is 6.42 Å². The molecule has 4 heterocycles. The molecule has 0 amide bonds. The third-order valence-corrected chi connectivity index (χ3v) is 8.58. The van der Waals surface area contributed by atoms with E-state index in [1.807, 2.05) is 6.08 Å². The highest BCUT2D eigenvalue weighted by Crippen LogP contribution is 2.39. The number of carbonyl (C=O) groups is 2. The second kappa shape index (κ2) is 16.6. The number of ether oxygens (including phenoxy) is 5. The highest BCUT2D eigenvalue weighted by Gasteiger charge is 2.51. The van der Waals surface area contributed by atoms with Crippen LogP contribution in [0.3, 0.4) is 0 Å². The molecule has 0 aromatic rings. The Hall–Kier alpha value is -2.76. The Morgan fingerprint density at radius 2 is 1.64 bits per heavy atom. The highest BCUT2D eigenvalue weighted by molar-refractivity contribution is 5.82. The van der Waals surface area contributed by atoms with Gasteiger partial charge in [-0.1, -0.05) is 48.6 Å². The molecule has 3 saturated heterocycles. The Morgan fingerprint density at radius 1 is 0.936 bits per heavy atom. The second-order valence-corrected chi connectivity index (χ2v) is 12.6. The number of nitrogens with two attached hydrogens (primary N) is 1. The fraction of sp³-hybridized carbons (Fsp3) is 0.636. The van der Waals surface area contributed by atoms with E-state index in [4.69, 9.17) is 29.4 Å². The number of aliphatic hydroxyl groups is 5. The molecule has 8 N–H and O–H groups in total. The summed E-state index contributed by atoms with van der Waals surface area (Å²) in [6, 6.07) is -1.08. The van der Waals surface area contributed by atoms with Crippen LogP contribution in [-0.4, -0.2) is 122 Å². The number of esters is 1. The summed E-state index contributed by atoms with van der Waals surface area (Å²) >= 11 is 0. The lowest BCUT2D eigenvalue weighted by Gasteiger charge is -2.45. The highest BCUT2D eigenvalue weighted by atomic mass is 16.7. The Kier molecular flexibility index (Phi) is 13.1. The molecule has 14 heteroatoms. The van der Waals surface area contributed by atoms with Crippen LogP contribution in [0.2, 0.25) is 0 Å². The van der Waals surface area contributed by atoms with Crippen molar-refractivity contribution >= 4 is 11.9 Å². The van der Waals surface area contributed by atoms with Crippen molar-refractivity contribution < 1.29 is 63.9 Å². The zero-order valence-electron chi connectivity index (χ0n) is 26.4. The van der Waals surface area contributed by atoms with Crippen LogP contribution < -0.4 is 5.73 Å². The average molecular weight is 666 g/mol. The van der Waals surface area contributed by atoms with Gasteiger partial charge in [-0.3, -0.25) is 4.79 Å². The van der Waals surface area contributed by atoms with Crippen LogP contribution >= 0.6 is 0 Å². The first-order valence-electron chi connectivity index (χ1n) is 15.9. The number of allylic oxidation sites excluding steroid dienone is 6. The molecule has 4 rings (SSSR count). The minimum atomic E-state index is -2.10. The first-order chi connectivity index (χ1) is 22.3. The zero-order chi connectivity index (χ0) is 34.3. The van der Waals surface area contributed by atoms with Crippen LogP contribution in [0.15, 0.2) is 60.8 Å². The number of epoxide rings is 1. The molecule has 0 saturated carbocycles. The number of rotatable bonds is 3. The quantitative estimate of drug-likeness (QED) is 0.157. The Balaban J connectivity index is 1.58. The van der Waals surface area contributed by atoms with Crippen molar-refractivity contribution in [1.82, 2.24) is 0 Å². The molecule has 0 aliphatic carbocycles. The van der Waals surface area contributed by atoms with Gasteiger partial charge in [-0.2, -0.15) is 0 Å². The third-order valence-electron chi connectivity index (χ3n) is 8.58. The maximum absolute atomic E-state index is 12.3. The lowest BCUT2D eigenvalue weighted by atomic mass is 9.83. The maximum atomic E-state index is 12.3. The summed E-state index contributed by atoms with van der Waals surface area (Å²) in [6.07, 6.45) is 5.25. The molecule has 0 aromatic heterocycles. The van der Waals surface area contributed by atoms with Gasteiger partial charge in [0.25, 0.3) is 0 Å². The monoisotopic (exact) mass is 665 g/mol. The largest absolute Gasteiger partial charge is 0.481 e. The second-order valence-electron chi connectivity index (χ2n) is 12.6. The van der Waals surface area contributed by atoms with Gasteiger partial charge in [0.2, 0.25) is 0 Å². The Labute approximate surface area is 273 Å². The molecular formula is C33H47NO13. The molecule has 2 bridgehead atoms. The Bertz CT molecular complexity index is 1220. The van der Waals surface area contributed by atoms with E-state index in [2.05, 4.69) is 0 Å². The van der Waals surface area contributed by atoms with Gasteiger partial charge in [-0.25, -0.2) is 4.79 Å². The standard InChI is InChI=1S/C33H47NO13/c1-18-10-8-6-4-3-5-7-9-11-21(45-32-30(39)28(34)29(38)19(2)44-32)15-25-27(31(40)41)22(36)17-33(42,47-25)16-20(35)14-24-23(46-24)12-13-26(37)43-18/h3-9,11-13,18-25,27-30,32,35-36,38-39,42H,10,14-17,34H2,1-2H3,(H,40,41)/b4-3-,7-5-,8-6-,11-9-,13-12-/t18-,19-,20+,21+,22+,23-,24-,25+,27-,28+,29-,30+,32+,33-/m1/s1. The smallest absolute Gasteiger partial charge is 0.330 e. The Morgan fingerprint density at radius 3 is 2.36 bits per heavy atom. The SMILES string of the molecule is C[C@@H]1C\C=C/C=C\C=C/C=C\[C@H](O[C@@H]2O[C@H](C)[C@@H](O)[C@H](N)[C@@H]2O)C[C@@H]2O[C@](O)(C[C@@H](O)C[C@H]3O[C@@H]3/C=C\C(=O)O1)C[C@H](O)[C@H]2C(=O)O. The predicted molar refractivity (Wildman–Crippen MR) is 165 cm³/mol. The molecule has 14 atom stereocenters. The summed E-state index contributed by atoms with van der Waals surface area (Å²) in [5.74, 6) is -5.45. The molecule has 0 aromatic carbocycles. The minimum Gasteiger partial charge on any atom is -0.481 e. The predicted octanol–water partition coefficient (Wildman–Crippen LogP) is 0.120. The number of hydrogen-bond donors (Lipinski definition) is 7. The van der Waals surface area contributed by atoms with Gasteiger partial charge in [0.05, 0.1) is 48.8 Å². The lowest BCUT2D eigenvalue weighted by Crippen LogP contribution is -2.61. The zero-order valence-corrected chi connectivity index (χ0v) is 26.4. The number of hydrogen-bond acceptors (Lipinski definition) is 13. The van der Waals surface area contributed by atoms with Gasteiger partial charge in [-0.05, 0) is 19.9 Å². The molecule has 0 radical (unpaired) electrons. The number of carbonyl (C=O) groups excluding carboxylic acids is 1. The minimum absolute atomic E-state index is 0.0789. The van der Waals surface area contributed by atoms with E-state index in [0.717, 1.165) is 0 Å². The van der Waals surface area contributed by atoms with E-state index < -0.39 is 97.3 Å². The summed E-state index contributed by atoms with van der Waals surface area (Å²) < 4.78 is 28.5.